The molecule has 0 aliphatic heterocycles. The van der Waals surface area contributed by atoms with Crippen LogP contribution in [0.1, 0.15) is 21.5 Å². The minimum absolute atomic E-state index is 0.140. The Morgan fingerprint density at radius 2 is 1.70 bits per heavy atom. The van der Waals surface area contributed by atoms with Gasteiger partial charge in [-0.3, -0.25) is 9.78 Å². The largest absolute Gasteiger partial charge is 0.321 e. The maximum Gasteiger partial charge on any atom is 0.255 e. The van der Waals surface area contributed by atoms with Crippen LogP contribution in [0.5, 0.6) is 0 Å². The lowest BCUT2D eigenvalue weighted by molar-refractivity contribution is 0.102. The molecule has 6 nitrogen and oxygen atoms in total. The summed E-state index contributed by atoms with van der Waals surface area (Å²) in [4.78, 5) is 16.4. The summed E-state index contributed by atoms with van der Waals surface area (Å²) in [7, 11) is -3.58. The fourth-order valence-electron chi connectivity index (χ4n) is 2.39. The number of rotatable bonds is 6. The second kappa shape index (κ2) is 8.11. The third-order valence-electron chi connectivity index (χ3n) is 3.93. The summed E-state index contributed by atoms with van der Waals surface area (Å²) in [5.41, 5.74) is 2.83. The van der Waals surface area contributed by atoms with Gasteiger partial charge in [0.15, 0.2) is 0 Å². The molecule has 0 atom stereocenters. The van der Waals surface area contributed by atoms with Crippen molar-refractivity contribution in [1.82, 2.24) is 9.71 Å². The number of aryl methyl sites for hydroxylation is 1. The lowest BCUT2D eigenvalue weighted by atomic mass is 10.1. The first kappa shape index (κ1) is 18.8. The van der Waals surface area contributed by atoms with Gasteiger partial charge in [0.25, 0.3) is 5.91 Å². The second-order valence-electron chi connectivity index (χ2n) is 6.03. The van der Waals surface area contributed by atoms with Crippen LogP contribution in [0.2, 0.25) is 0 Å². The van der Waals surface area contributed by atoms with Crippen LogP contribution in [0.4, 0.5) is 5.69 Å². The minimum Gasteiger partial charge on any atom is -0.321 e. The maximum atomic E-state index is 12.3. The number of carbonyl (C=O) groups is 1. The van der Waals surface area contributed by atoms with Crippen LogP contribution in [-0.2, 0) is 16.6 Å². The van der Waals surface area contributed by atoms with E-state index < -0.39 is 10.0 Å². The summed E-state index contributed by atoms with van der Waals surface area (Å²) in [5, 5.41) is 2.75. The van der Waals surface area contributed by atoms with Crippen molar-refractivity contribution in [2.24, 2.45) is 0 Å². The van der Waals surface area contributed by atoms with Crippen molar-refractivity contribution in [3.63, 3.8) is 0 Å². The van der Waals surface area contributed by atoms with Gasteiger partial charge in [-0.1, -0.05) is 29.8 Å². The molecule has 1 aromatic heterocycles. The number of nitrogens with zero attached hydrogens (tertiary/aromatic N) is 1. The van der Waals surface area contributed by atoms with Gasteiger partial charge >= 0.3 is 0 Å². The zero-order valence-electron chi connectivity index (χ0n) is 14.7. The van der Waals surface area contributed by atoms with Crippen molar-refractivity contribution in [2.45, 2.75) is 18.4 Å². The Kier molecular flexibility index (Phi) is 5.63. The van der Waals surface area contributed by atoms with E-state index in [4.69, 9.17) is 0 Å². The molecule has 0 saturated heterocycles. The lowest BCUT2D eigenvalue weighted by Gasteiger charge is -2.08. The van der Waals surface area contributed by atoms with Crippen LogP contribution in [0.3, 0.4) is 0 Å². The molecule has 2 N–H and O–H groups in total. The quantitative estimate of drug-likeness (QED) is 0.687. The van der Waals surface area contributed by atoms with Crippen LogP contribution in [0, 0.1) is 6.92 Å². The fraction of sp³-hybridized carbons (Fsp3) is 0.100. The molecule has 0 unspecified atom stereocenters. The number of amides is 1. The van der Waals surface area contributed by atoms with Crippen LogP contribution in [-0.4, -0.2) is 19.3 Å². The molecule has 3 rings (SSSR count). The van der Waals surface area contributed by atoms with E-state index in [0.29, 0.717) is 11.3 Å². The number of sulfonamides is 1. The van der Waals surface area contributed by atoms with Gasteiger partial charge < -0.3 is 5.32 Å². The molecule has 0 aliphatic rings. The highest BCUT2D eigenvalue weighted by Gasteiger charge is 2.13. The number of hydrogen-bond donors (Lipinski definition) is 2. The Hall–Kier alpha value is -3.03. The number of benzene rings is 2. The van der Waals surface area contributed by atoms with Crippen LogP contribution in [0.15, 0.2) is 78.0 Å². The van der Waals surface area contributed by atoms with E-state index in [1.165, 1.54) is 0 Å². The van der Waals surface area contributed by atoms with Crippen LogP contribution < -0.4 is 10.0 Å². The van der Waals surface area contributed by atoms with Crippen LogP contribution >= 0.6 is 0 Å². The van der Waals surface area contributed by atoms with Gasteiger partial charge in [0.05, 0.1) is 16.8 Å². The summed E-state index contributed by atoms with van der Waals surface area (Å²) in [5.74, 6) is -0.255. The summed E-state index contributed by atoms with van der Waals surface area (Å²) in [6, 6.07) is 16.9. The molecule has 7 heteroatoms. The number of aromatic nitrogens is 1. The van der Waals surface area contributed by atoms with Crippen molar-refractivity contribution in [2.75, 3.05) is 5.32 Å². The lowest BCUT2D eigenvalue weighted by Crippen LogP contribution is -2.23. The third kappa shape index (κ3) is 4.99. The number of pyridine rings is 1. The maximum absolute atomic E-state index is 12.3. The molecule has 2 aromatic carbocycles. The van der Waals surface area contributed by atoms with Gasteiger partial charge in [0.1, 0.15) is 0 Å². The van der Waals surface area contributed by atoms with Crippen molar-refractivity contribution < 1.29 is 13.2 Å². The van der Waals surface area contributed by atoms with E-state index in [0.717, 1.165) is 11.1 Å². The van der Waals surface area contributed by atoms with Gasteiger partial charge in [-0.25, -0.2) is 13.1 Å². The Bertz CT molecular complexity index is 1020. The van der Waals surface area contributed by atoms with Crippen molar-refractivity contribution in [3.8, 4) is 0 Å². The van der Waals surface area contributed by atoms with Crippen molar-refractivity contribution in [1.29, 1.82) is 0 Å². The first-order valence-electron chi connectivity index (χ1n) is 8.31. The van der Waals surface area contributed by atoms with Gasteiger partial charge in [0.2, 0.25) is 10.0 Å². The van der Waals surface area contributed by atoms with Crippen molar-refractivity contribution in [3.05, 3.63) is 89.7 Å². The average Bonchev–Trinajstić information content (AvgIpc) is 2.68. The molecule has 0 radical (unpaired) electrons. The molecule has 1 amide bonds. The molecule has 0 spiro atoms. The molecule has 0 fully saturated rings. The standard InChI is InChI=1S/C20H19N3O3S/c1-15-4-10-19(11-5-15)27(25,26)22-13-16-6-8-17(9-7-16)20(24)23-18-3-2-12-21-14-18/h2-12,14,22H,13H2,1H3,(H,23,24). The van der Waals surface area contributed by atoms with Gasteiger partial charge in [-0.2, -0.15) is 0 Å². The Labute approximate surface area is 158 Å². The molecule has 138 valence electrons. The van der Waals surface area contributed by atoms with E-state index in [9.17, 15) is 13.2 Å². The third-order valence-corrected chi connectivity index (χ3v) is 5.35. The first-order valence-corrected chi connectivity index (χ1v) is 9.79. The summed E-state index contributed by atoms with van der Waals surface area (Å²) < 4.78 is 27.2. The highest BCUT2D eigenvalue weighted by molar-refractivity contribution is 7.89. The predicted octanol–water partition coefficient (Wildman–Crippen LogP) is 3.12. The average molecular weight is 381 g/mol. The number of anilines is 1. The molecular formula is C20H19N3O3S. The molecule has 0 saturated carbocycles. The molecule has 1 heterocycles. The molecule has 0 aliphatic carbocycles. The fourth-order valence-corrected chi connectivity index (χ4v) is 3.41. The normalized spacial score (nSPS) is 11.1. The van der Waals surface area contributed by atoms with E-state index in [1.54, 1.807) is 73.1 Å². The SMILES string of the molecule is Cc1ccc(S(=O)(=O)NCc2ccc(C(=O)Nc3cccnc3)cc2)cc1. The monoisotopic (exact) mass is 381 g/mol. The van der Waals surface area contributed by atoms with Gasteiger partial charge in [-0.05, 0) is 48.9 Å². The highest BCUT2D eigenvalue weighted by Crippen LogP contribution is 2.12. The summed E-state index contributed by atoms with van der Waals surface area (Å²) >= 11 is 0. The topological polar surface area (TPSA) is 88.2 Å². The van der Waals surface area contributed by atoms with E-state index in [-0.39, 0.29) is 17.3 Å². The zero-order chi connectivity index (χ0) is 19.3. The van der Waals surface area contributed by atoms with E-state index >= 15 is 0 Å². The first-order chi connectivity index (χ1) is 12.9. The van der Waals surface area contributed by atoms with Crippen LogP contribution in [0.25, 0.3) is 0 Å². The molecule has 27 heavy (non-hydrogen) atoms. The number of carbonyl (C=O) groups excluding carboxylic acids is 1. The minimum atomic E-state index is -3.58. The number of nitrogens with one attached hydrogen (secondary N) is 2. The Balaban J connectivity index is 1.62. The molecule has 3 aromatic rings. The van der Waals surface area contributed by atoms with E-state index in [2.05, 4.69) is 15.0 Å². The highest BCUT2D eigenvalue weighted by atomic mass is 32.2. The van der Waals surface area contributed by atoms with Gasteiger partial charge in [-0.15, -0.1) is 0 Å². The zero-order valence-corrected chi connectivity index (χ0v) is 15.5. The van der Waals surface area contributed by atoms with E-state index in [1.807, 2.05) is 6.92 Å². The number of hydrogen-bond acceptors (Lipinski definition) is 4. The smallest absolute Gasteiger partial charge is 0.255 e. The molecular weight excluding hydrogens is 362 g/mol. The molecule has 0 bridgehead atoms. The predicted molar refractivity (Wildman–Crippen MR) is 104 cm³/mol. The summed E-state index contributed by atoms with van der Waals surface area (Å²) in [6.07, 6.45) is 3.19. The van der Waals surface area contributed by atoms with Gasteiger partial charge in [0, 0.05) is 18.3 Å². The second-order valence-corrected chi connectivity index (χ2v) is 7.80. The Morgan fingerprint density at radius 3 is 2.33 bits per heavy atom. The summed E-state index contributed by atoms with van der Waals surface area (Å²) in [6.45, 7) is 2.04. The van der Waals surface area contributed by atoms with Crippen molar-refractivity contribution >= 4 is 21.6 Å². The Morgan fingerprint density at radius 1 is 1.00 bits per heavy atom.